The highest BCUT2D eigenvalue weighted by atomic mass is 32.1. The zero-order chi connectivity index (χ0) is 17.9. The molecule has 2 N–H and O–H groups in total. The van der Waals surface area contributed by atoms with Gasteiger partial charge in [0.2, 0.25) is 0 Å². The molecule has 1 atom stereocenters. The predicted octanol–water partition coefficient (Wildman–Crippen LogP) is 3.16. The van der Waals surface area contributed by atoms with E-state index in [1.807, 2.05) is 0 Å². The lowest BCUT2D eigenvalue weighted by molar-refractivity contribution is 0.212. The summed E-state index contributed by atoms with van der Waals surface area (Å²) in [4.78, 5) is 18.3. The van der Waals surface area contributed by atoms with Gasteiger partial charge in [-0.2, -0.15) is 0 Å². The molecule has 0 spiro atoms. The maximum atomic E-state index is 5.77. The van der Waals surface area contributed by atoms with Gasteiger partial charge in [-0.3, -0.25) is 4.90 Å². The average molecular weight is 369 g/mol. The van der Waals surface area contributed by atoms with Crippen LogP contribution in [-0.4, -0.2) is 46.0 Å². The van der Waals surface area contributed by atoms with Gasteiger partial charge in [0.05, 0.1) is 16.8 Å². The lowest BCUT2D eigenvalue weighted by Gasteiger charge is -2.26. The van der Waals surface area contributed by atoms with Crippen molar-refractivity contribution in [2.45, 2.75) is 31.8 Å². The number of hydrogen-bond donors (Lipinski definition) is 1. The first-order chi connectivity index (χ1) is 12.7. The number of nitrogen functional groups attached to an aromatic ring is 1. The second kappa shape index (κ2) is 7.55. The molecule has 6 nitrogen and oxygen atoms in total. The quantitative estimate of drug-likeness (QED) is 0.763. The van der Waals surface area contributed by atoms with Crippen molar-refractivity contribution in [3.8, 4) is 0 Å². The molecule has 0 bridgehead atoms. The third kappa shape index (κ3) is 3.78. The van der Waals surface area contributed by atoms with Gasteiger partial charge >= 0.3 is 0 Å². The molecule has 0 amide bonds. The number of hydrogen-bond acceptors (Lipinski definition) is 7. The minimum absolute atomic E-state index is 0.527. The monoisotopic (exact) mass is 368 g/mol. The van der Waals surface area contributed by atoms with Crippen molar-refractivity contribution in [3.05, 3.63) is 42.4 Å². The Morgan fingerprint density at radius 2 is 2.08 bits per heavy atom. The van der Waals surface area contributed by atoms with Crippen LogP contribution in [0, 0.1) is 0 Å². The van der Waals surface area contributed by atoms with Gasteiger partial charge < -0.3 is 10.6 Å². The third-order valence-corrected chi connectivity index (χ3v) is 6.09. The number of para-hydroxylation sites is 1. The summed E-state index contributed by atoms with van der Waals surface area (Å²) in [5.41, 5.74) is 6.87. The fourth-order valence-electron chi connectivity index (χ4n) is 3.55. The highest BCUT2D eigenvalue weighted by molar-refractivity contribution is 7.22. The van der Waals surface area contributed by atoms with Gasteiger partial charge in [0.1, 0.15) is 11.6 Å². The molecule has 0 radical (unpaired) electrons. The number of aromatic nitrogens is 3. The van der Waals surface area contributed by atoms with Gasteiger partial charge in [0.15, 0.2) is 5.13 Å². The van der Waals surface area contributed by atoms with E-state index in [9.17, 15) is 0 Å². The Morgan fingerprint density at radius 3 is 2.92 bits per heavy atom. The van der Waals surface area contributed by atoms with Gasteiger partial charge in [0, 0.05) is 25.3 Å². The molecule has 1 aliphatic heterocycles. The summed E-state index contributed by atoms with van der Waals surface area (Å²) >= 11 is 1.79. The Kier molecular flexibility index (Phi) is 4.99. The molecular weight excluding hydrogens is 344 g/mol. The summed E-state index contributed by atoms with van der Waals surface area (Å²) in [5, 5.41) is 1.15. The van der Waals surface area contributed by atoms with Gasteiger partial charge in [-0.15, -0.1) is 0 Å². The Labute approximate surface area is 157 Å². The standard InChI is InChI=1S/C19H24N6S/c1-24(13-18-21-10-8-17(20)23-18)14-5-4-11-25(12-9-14)19-22-15-6-2-3-7-16(15)26-19/h2-3,6-8,10,14H,4-5,9,11-13H2,1H3,(H2,20,21,23). The predicted molar refractivity (Wildman–Crippen MR) is 107 cm³/mol. The van der Waals surface area contributed by atoms with E-state index >= 15 is 0 Å². The molecule has 26 heavy (non-hydrogen) atoms. The first-order valence-corrected chi connectivity index (χ1v) is 9.89. The van der Waals surface area contributed by atoms with Crippen LogP contribution >= 0.6 is 11.3 Å². The molecule has 7 heteroatoms. The number of anilines is 2. The average Bonchev–Trinajstić information content (AvgIpc) is 2.90. The minimum Gasteiger partial charge on any atom is -0.384 e. The Bertz CT molecular complexity index is 846. The van der Waals surface area contributed by atoms with E-state index in [-0.39, 0.29) is 0 Å². The van der Waals surface area contributed by atoms with E-state index in [1.165, 1.54) is 17.5 Å². The number of fused-ring (bicyclic) bond motifs is 1. The second-order valence-corrected chi connectivity index (χ2v) is 7.86. The molecule has 1 aromatic carbocycles. The molecule has 136 valence electrons. The summed E-state index contributed by atoms with van der Waals surface area (Å²) in [6.07, 6.45) is 5.20. The molecule has 3 aromatic rings. The first kappa shape index (κ1) is 17.2. The molecule has 1 fully saturated rings. The van der Waals surface area contributed by atoms with Gasteiger partial charge in [-0.1, -0.05) is 23.5 Å². The van der Waals surface area contributed by atoms with Crippen molar-refractivity contribution in [3.63, 3.8) is 0 Å². The molecule has 0 saturated carbocycles. The fourth-order valence-corrected chi connectivity index (χ4v) is 4.57. The van der Waals surface area contributed by atoms with Crippen LogP contribution < -0.4 is 10.6 Å². The van der Waals surface area contributed by atoms with Crippen molar-refractivity contribution >= 4 is 32.5 Å². The molecule has 3 heterocycles. The van der Waals surface area contributed by atoms with E-state index in [0.717, 1.165) is 42.5 Å². The van der Waals surface area contributed by atoms with E-state index < -0.39 is 0 Å². The highest BCUT2D eigenvalue weighted by Gasteiger charge is 2.22. The van der Waals surface area contributed by atoms with Crippen LogP contribution in [0.2, 0.25) is 0 Å². The Morgan fingerprint density at radius 1 is 1.19 bits per heavy atom. The maximum Gasteiger partial charge on any atom is 0.186 e. The SMILES string of the molecule is CN(Cc1nccc(N)n1)C1CCCN(c2nc3ccccc3s2)CC1. The van der Waals surface area contributed by atoms with Crippen molar-refractivity contribution in [2.75, 3.05) is 30.8 Å². The zero-order valence-electron chi connectivity index (χ0n) is 15.0. The summed E-state index contributed by atoms with van der Waals surface area (Å²) in [6, 6.07) is 10.6. The number of thiazole rings is 1. The topological polar surface area (TPSA) is 71.2 Å². The molecule has 0 aliphatic carbocycles. The van der Waals surface area contributed by atoms with Crippen LogP contribution in [0.15, 0.2) is 36.5 Å². The van der Waals surface area contributed by atoms with Crippen molar-refractivity contribution < 1.29 is 0 Å². The Hall–Kier alpha value is -2.25. The summed E-state index contributed by atoms with van der Waals surface area (Å²) < 4.78 is 1.26. The fraction of sp³-hybridized carbons (Fsp3) is 0.421. The van der Waals surface area contributed by atoms with Crippen molar-refractivity contribution in [2.24, 2.45) is 0 Å². The number of rotatable bonds is 4. The van der Waals surface area contributed by atoms with E-state index in [1.54, 1.807) is 23.6 Å². The molecule has 2 aromatic heterocycles. The number of benzene rings is 1. The van der Waals surface area contributed by atoms with Crippen LogP contribution in [-0.2, 0) is 6.54 Å². The zero-order valence-corrected chi connectivity index (χ0v) is 15.8. The van der Waals surface area contributed by atoms with Gasteiger partial charge in [-0.05, 0) is 44.5 Å². The van der Waals surface area contributed by atoms with Crippen LogP contribution in [0.25, 0.3) is 10.2 Å². The summed E-state index contributed by atoms with van der Waals surface area (Å²) in [5.74, 6) is 1.33. The smallest absolute Gasteiger partial charge is 0.186 e. The van der Waals surface area contributed by atoms with Crippen LogP contribution in [0.1, 0.15) is 25.1 Å². The lowest BCUT2D eigenvalue weighted by atomic mass is 10.1. The molecule has 4 rings (SSSR count). The van der Waals surface area contributed by atoms with Crippen molar-refractivity contribution in [1.82, 2.24) is 19.9 Å². The molecule has 1 aliphatic rings. The minimum atomic E-state index is 0.527. The van der Waals surface area contributed by atoms with E-state index in [0.29, 0.717) is 11.9 Å². The molecule has 1 unspecified atom stereocenters. The van der Waals surface area contributed by atoms with Crippen molar-refractivity contribution in [1.29, 1.82) is 0 Å². The highest BCUT2D eigenvalue weighted by Crippen LogP contribution is 2.30. The summed E-state index contributed by atoms with van der Waals surface area (Å²) in [7, 11) is 2.16. The van der Waals surface area contributed by atoms with Crippen LogP contribution in [0.3, 0.4) is 0 Å². The Balaban J connectivity index is 1.41. The van der Waals surface area contributed by atoms with Gasteiger partial charge in [0.25, 0.3) is 0 Å². The van der Waals surface area contributed by atoms with Crippen LogP contribution in [0.4, 0.5) is 10.9 Å². The number of nitrogens with two attached hydrogens (primary N) is 1. The van der Waals surface area contributed by atoms with E-state index in [4.69, 9.17) is 10.7 Å². The molecular formula is C19H24N6S. The summed E-state index contributed by atoms with van der Waals surface area (Å²) in [6.45, 7) is 2.84. The van der Waals surface area contributed by atoms with E-state index in [2.05, 4.69) is 51.1 Å². The maximum absolute atomic E-state index is 5.77. The molecule has 1 saturated heterocycles. The third-order valence-electron chi connectivity index (χ3n) is 4.99. The van der Waals surface area contributed by atoms with Crippen LogP contribution in [0.5, 0.6) is 0 Å². The second-order valence-electron chi connectivity index (χ2n) is 6.85. The normalized spacial score (nSPS) is 18.4. The lowest BCUT2D eigenvalue weighted by Crippen LogP contribution is -2.33. The first-order valence-electron chi connectivity index (χ1n) is 9.07. The number of nitrogens with zero attached hydrogens (tertiary/aromatic N) is 5. The van der Waals surface area contributed by atoms with Gasteiger partial charge in [-0.25, -0.2) is 15.0 Å². The largest absolute Gasteiger partial charge is 0.384 e.